The van der Waals surface area contributed by atoms with Crippen LogP contribution in [-0.2, 0) is 6.54 Å². The smallest absolute Gasteiger partial charge is 0.314 e. The first kappa shape index (κ1) is 21.7. The molecule has 34 heavy (non-hydrogen) atoms. The minimum absolute atomic E-state index is 0.133. The largest absolute Gasteiger partial charge is 0.415 e. The molecule has 11 heteroatoms. The molecule has 0 spiro atoms. The molecule has 0 fully saturated rings. The Kier molecular flexibility index (Phi) is 5.54. The van der Waals surface area contributed by atoms with E-state index >= 15 is 0 Å². The van der Waals surface area contributed by atoms with Crippen LogP contribution in [0.25, 0.3) is 11.5 Å². The highest BCUT2D eigenvalue weighted by Gasteiger charge is 2.39. The summed E-state index contributed by atoms with van der Waals surface area (Å²) in [5, 5.41) is 18.1. The molecule has 172 valence electrons. The average molecular weight is 467 g/mol. The Labute approximate surface area is 190 Å². The molecule has 0 bridgehead atoms. The third-order valence-electron chi connectivity index (χ3n) is 5.50. The van der Waals surface area contributed by atoms with E-state index in [-0.39, 0.29) is 23.7 Å². The van der Waals surface area contributed by atoms with Crippen LogP contribution in [0.3, 0.4) is 0 Å². The van der Waals surface area contributed by atoms with E-state index in [1.165, 1.54) is 29.3 Å². The van der Waals surface area contributed by atoms with E-state index in [0.717, 1.165) is 6.20 Å². The van der Waals surface area contributed by atoms with E-state index in [2.05, 4.69) is 20.2 Å². The monoisotopic (exact) mass is 467 g/mol. The minimum Gasteiger partial charge on any atom is -0.415 e. The van der Waals surface area contributed by atoms with Gasteiger partial charge in [0.05, 0.1) is 17.6 Å². The molecule has 1 aliphatic rings. The van der Waals surface area contributed by atoms with Crippen molar-refractivity contribution in [3.8, 4) is 11.5 Å². The summed E-state index contributed by atoms with van der Waals surface area (Å²) in [4.78, 5) is 23.1. The molecule has 1 amide bonds. The number of alkyl halides is 2. The van der Waals surface area contributed by atoms with E-state index < -0.39 is 36.2 Å². The van der Waals surface area contributed by atoms with Crippen molar-refractivity contribution in [2.45, 2.75) is 25.1 Å². The lowest BCUT2D eigenvalue weighted by atomic mass is 10.0. The van der Waals surface area contributed by atoms with Crippen molar-refractivity contribution in [3.05, 3.63) is 95.1 Å². The molecule has 4 heterocycles. The van der Waals surface area contributed by atoms with E-state index in [4.69, 9.17) is 4.42 Å². The fourth-order valence-electron chi connectivity index (χ4n) is 3.89. The van der Waals surface area contributed by atoms with Crippen LogP contribution < -0.4 is 0 Å². The van der Waals surface area contributed by atoms with Crippen molar-refractivity contribution in [2.24, 2.45) is 0 Å². The van der Waals surface area contributed by atoms with Crippen molar-refractivity contribution in [1.29, 1.82) is 0 Å². The zero-order valence-electron chi connectivity index (χ0n) is 17.3. The summed E-state index contributed by atoms with van der Waals surface area (Å²) in [5.74, 6) is -1.95. The highest BCUT2D eigenvalue weighted by Crippen LogP contribution is 2.39. The van der Waals surface area contributed by atoms with Gasteiger partial charge in [-0.2, -0.15) is 8.78 Å². The first-order valence-electron chi connectivity index (χ1n) is 10.2. The number of aliphatic hydroxyl groups is 1. The number of aliphatic hydroxyl groups excluding tert-OH is 1. The van der Waals surface area contributed by atoms with Gasteiger partial charge in [0.1, 0.15) is 18.0 Å². The third kappa shape index (κ3) is 3.90. The van der Waals surface area contributed by atoms with Crippen LogP contribution >= 0.6 is 0 Å². The molecule has 1 aromatic carbocycles. The molecule has 1 unspecified atom stereocenters. The Morgan fingerprint density at radius 2 is 1.88 bits per heavy atom. The van der Waals surface area contributed by atoms with E-state index in [1.54, 1.807) is 30.3 Å². The highest BCUT2D eigenvalue weighted by molar-refractivity contribution is 5.99. The lowest BCUT2D eigenvalue weighted by Gasteiger charge is -2.31. The van der Waals surface area contributed by atoms with Gasteiger partial charge in [0, 0.05) is 23.9 Å². The van der Waals surface area contributed by atoms with Crippen molar-refractivity contribution < 1.29 is 27.5 Å². The lowest BCUT2D eigenvalue weighted by molar-refractivity contribution is 0.0332. The summed E-state index contributed by atoms with van der Waals surface area (Å²) in [7, 11) is 0. The van der Waals surface area contributed by atoms with Crippen molar-refractivity contribution in [3.63, 3.8) is 0 Å². The Bertz CT molecular complexity index is 1330. The highest BCUT2D eigenvalue weighted by atomic mass is 19.3. The van der Waals surface area contributed by atoms with Gasteiger partial charge >= 0.3 is 6.43 Å². The quantitative estimate of drug-likeness (QED) is 0.456. The second-order valence-corrected chi connectivity index (χ2v) is 7.60. The molecule has 0 radical (unpaired) electrons. The lowest BCUT2D eigenvalue weighted by Crippen LogP contribution is -2.34. The second-order valence-electron chi connectivity index (χ2n) is 7.60. The maximum absolute atomic E-state index is 13.5. The fourth-order valence-corrected chi connectivity index (χ4v) is 3.89. The van der Waals surface area contributed by atoms with E-state index in [9.17, 15) is 23.1 Å². The van der Waals surface area contributed by atoms with Gasteiger partial charge in [-0.3, -0.25) is 14.8 Å². The summed E-state index contributed by atoms with van der Waals surface area (Å²) in [6.45, 7) is 0.133. The Morgan fingerprint density at radius 1 is 1.03 bits per heavy atom. The summed E-state index contributed by atoms with van der Waals surface area (Å²) in [5.41, 5.74) is 1.82. The van der Waals surface area contributed by atoms with Gasteiger partial charge in [-0.05, 0) is 42.0 Å². The van der Waals surface area contributed by atoms with Gasteiger partial charge in [0.2, 0.25) is 5.89 Å². The molecule has 0 aliphatic carbocycles. The number of benzene rings is 1. The fraction of sp³-hybridized carbons (Fsp3) is 0.174. The maximum atomic E-state index is 13.5. The molecule has 4 aromatic rings. The number of halogens is 3. The standard InChI is InChI=1S/C23H16F3N5O3/c24-14-6-7-16(28-10-14)18(19(32)17-3-1-2-8-27-17)31-11-13-5-4-12(9-15(13)23(31)33)21-29-30-22(34-21)20(25)26/h1-10,18-20,32H,11H2/t18?,19-/m1/s1. The van der Waals surface area contributed by atoms with Gasteiger partial charge in [-0.15, -0.1) is 10.2 Å². The first-order valence-corrected chi connectivity index (χ1v) is 10.2. The van der Waals surface area contributed by atoms with Crippen LogP contribution in [0.5, 0.6) is 0 Å². The molecule has 1 N–H and O–H groups in total. The Morgan fingerprint density at radius 3 is 2.56 bits per heavy atom. The van der Waals surface area contributed by atoms with Crippen LogP contribution in [0.1, 0.15) is 51.8 Å². The molecule has 5 rings (SSSR count). The Balaban J connectivity index is 1.51. The first-order chi connectivity index (χ1) is 16.4. The number of hydrogen-bond acceptors (Lipinski definition) is 7. The summed E-state index contributed by atoms with van der Waals surface area (Å²) < 4.78 is 44.1. The van der Waals surface area contributed by atoms with Crippen LogP contribution in [0.4, 0.5) is 13.2 Å². The average Bonchev–Trinajstić information content (AvgIpc) is 3.47. The molecular formula is C23H16F3N5O3. The number of fused-ring (bicyclic) bond motifs is 1. The number of amides is 1. The normalized spacial score (nSPS) is 15.0. The van der Waals surface area contributed by atoms with Crippen molar-refractivity contribution in [2.75, 3.05) is 0 Å². The van der Waals surface area contributed by atoms with Crippen LogP contribution in [0.15, 0.2) is 65.3 Å². The third-order valence-corrected chi connectivity index (χ3v) is 5.50. The molecule has 8 nitrogen and oxygen atoms in total. The van der Waals surface area contributed by atoms with Crippen LogP contribution in [0.2, 0.25) is 0 Å². The van der Waals surface area contributed by atoms with Crippen molar-refractivity contribution in [1.82, 2.24) is 25.1 Å². The molecular weight excluding hydrogens is 451 g/mol. The number of pyridine rings is 2. The molecule has 0 saturated heterocycles. The van der Waals surface area contributed by atoms with Gasteiger partial charge in [-0.1, -0.05) is 12.1 Å². The summed E-state index contributed by atoms with van der Waals surface area (Å²) in [6.07, 6.45) is -1.64. The maximum Gasteiger partial charge on any atom is 0.314 e. The number of nitrogens with zero attached hydrogens (tertiary/aromatic N) is 5. The zero-order valence-corrected chi connectivity index (χ0v) is 17.3. The minimum atomic E-state index is -2.91. The van der Waals surface area contributed by atoms with E-state index in [1.807, 2.05) is 0 Å². The van der Waals surface area contributed by atoms with Crippen molar-refractivity contribution >= 4 is 5.91 Å². The SMILES string of the molecule is O=C1c2cc(-c3nnc(C(F)F)o3)ccc2CN1C(c1ccc(F)cn1)[C@H](O)c1ccccn1. The summed E-state index contributed by atoms with van der Waals surface area (Å²) >= 11 is 0. The summed E-state index contributed by atoms with van der Waals surface area (Å²) in [6, 6.07) is 11.3. The number of carbonyl (C=O) groups excluding carboxylic acids is 1. The molecule has 3 aromatic heterocycles. The predicted octanol–water partition coefficient (Wildman–Crippen LogP) is 4.03. The molecule has 2 atom stereocenters. The number of aromatic nitrogens is 4. The molecule has 1 aliphatic heterocycles. The van der Waals surface area contributed by atoms with Crippen LogP contribution in [0, 0.1) is 5.82 Å². The Hall–Kier alpha value is -4.12. The molecule has 0 saturated carbocycles. The number of carbonyl (C=O) groups is 1. The van der Waals surface area contributed by atoms with Gasteiger partial charge in [0.25, 0.3) is 11.8 Å². The number of rotatable bonds is 6. The zero-order chi connectivity index (χ0) is 23.8. The van der Waals surface area contributed by atoms with Gasteiger partial charge in [-0.25, -0.2) is 4.39 Å². The van der Waals surface area contributed by atoms with Gasteiger partial charge < -0.3 is 14.4 Å². The van der Waals surface area contributed by atoms with E-state index in [0.29, 0.717) is 16.8 Å². The van der Waals surface area contributed by atoms with Crippen LogP contribution in [-0.4, -0.2) is 36.1 Å². The predicted molar refractivity (Wildman–Crippen MR) is 111 cm³/mol. The van der Waals surface area contributed by atoms with Gasteiger partial charge in [0.15, 0.2) is 0 Å². The second kappa shape index (κ2) is 8.67. The topological polar surface area (TPSA) is 105 Å². The number of hydrogen-bond donors (Lipinski definition) is 1.